The molecule has 1 fully saturated rings. The number of nitrogens with two attached hydrogens (primary N) is 1. The molecule has 18 heavy (non-hydrogen) atoms. The van der Waals surface area contributed by atoms with Crippen molar-refractivity contribution in [3.05, 3.63) is 18.0 Å². The molecule has 2 unspecified atom stereocenters. The summed E-state index contributed by atoms with van der Waals surface area (Å²) in [7, 11) is 0. The maximum atomic E-state index is 12.0. The number of carbonyl (C=O) groups excluding carboxylic acids is 1. The van der Waals surface area contributed by atoms with Gasteiger partial charge in [0.15, 0.2) is 0 Å². The summed E-state index contributed by atoms with van der Waals surface area (Å²) in [4.78, 5) is 13.9. The van der Waals surface area contributed by atoms with Gasteiger partial charge in [-0.3, -0.25) is 9.48 Å². The standard InChI is InChI=1S/C13H22N4O/c1-3-7-16-12(18)9-10(14)13(16)11-5-6-15-17(11)8-4-2/h5-6,10,13H,3-4,7-9,14H2,1-2H3. The van der Waals surface area contributed by atoms with Crippen LogP contribution in [0, 0.1) is 0 Å². The van der Waals surface area contributed by atoms with Crippen molar-refractivity contribution >= 4 is 5.91 Å². The molecule has 0 aliphatic carbocycles. The zero-order valence-corrected chi connectivity index (χ0v) is 11.2. The Kier molecular flexibility index (Phi) is 4.01. The third kappa shape index (κ3) is 2.27. The number of likely N-dealkylation sites (tertiary alicyclic amines) is 1. The number of nitrogens with zero attached hydrogens (tertiary/aromatic N) is 3. The molecular weight excluding hydrogens is 228 g/mol. The van der Waals surface area contributed by atoms with Gasteiger partial charge in [0.1, 0.15) is 0 Å². The SMILES string of the molecule is CCCN1C(=O)CC(N)C1c1ccnn1CCC. The lowest BCUT2D eigenvalue weighted by Gasteiger charge is -2.27. The van der Waals surface area contributed by atoms with Crippen LogP contribution in [0.5, 0.6) is 0 Å². The largest absolute Gasteiger partial charge is 0.332 e. The predicted octanol–water partition coefficient (Wildman–Crippen LogP) is 1.30. The second-order valence-electron chi connectivity index (χ2n) is 4.88. The number of carbonyl (C=O) groups is 1. The summed E-state index contributed by atoms with van der Waals surface area (Å²) in [6.07, 6.45) is 4.22. The summed E-state index contributed by atoms with van der Waals surface area (Å²) in [5, 5.41) is 4.33. The van der Waals surface area contributed by atoms with Crippen molar-refractivity contribution in [1.82, 2.24) is 14.7 Å². The van der Waals surface area contributed by atoms with E-state index in [0.717, 1.165) is 31.6 Å². The Morgan fingerprint density at radius 2 is 2.11 bits per heavy atom. The van der Waals surface area contributed by atoms with Crippen molar-refractivity contribution in [3.8, 4) is 0 Å². The third-order valence-corrected chi connectivity index (χ3v) is 3.42. The van der Waals surface area contributed by atoms with Gasteiger partial charge < -0.3 is 10.6 Å². The maximum Gasteiger partial charge on any atom is 0.224 e. The van der Waals surface area contributed by atoms with Gasteiger partial charge in [-0.15, -0.1) is 0 Å². The number of aromatic nitrogens is 2. The van der Waals surface area contributed by atoms with Crippen molar-refractivity contribution in [2.24, 2.45) is 5.73 Å². The molecule has 2 atom stereocenters. The fourth-order valence-corrected chi connectivity index (χ4v) is 2.69. The lowest BCUT2D eigenvalue weighted by molar-refractivity contribution is -0.129. The first-order valence-corrected chi connectivity index (χ1v) is 6.75. The van der Waals surface area contributed by atoms with Gasteiger partial charge >= 0.3 is 0 Å². The molecular formula is C13H22N4O. The smallest absolute Gasteiger partial charge is 0.224 e. The van der Waals surface area contributed by atoms with Gasteiger partial charge in [-0.2, -0.15) is 5.10 Å². The number of aryl methyl sites for hydroxylation is 1. The van der Waals surface area contributed by atoms with E-state index in [1.165, 1.54) is 0 Å². The van der Waals surface area contributed by atoms with E-state index in [9.17, 15) is 4.79 Å². The molecule has 1 amide bonds. The summed E-state index contributed by atoms with van der Waals surface area (Å²) in [5.41, 5.74) is 7.22. The molecule has 2 heterocycles. The van der Waals surface area contributed by atoms with Crippen LogP contribution in [0.25, 0.3) is 0 Å². The van der Waals surface area contributed by atoms with Crippen LogP contribution in [-0.4, -0.2) is 33.2 Å². The van der Waals surface area contributed by atoms with Crippen LogP contribution >= 0.6 is 0 Å². The maximum absolute atomic E-state index is 12.0. The second kappa shape index (κ2) is 5.52. The summed E-state index contributed by atoms with van der Waals surface area (Å²) < 4.78 is 1.98. The number of rotatable bonds is 5. The van der Waals surface area contributed by atoms with Gasteiger partial charge in [0, 0.05) is 31.7 Å². The van der Waals surface area contributed by atoms with Gasteiger partial charge in [0.2, 0.25) is 5.91 Å². The Labute approximate surface area is 108 Å². The molecule has 0 saturated carbocycles. The van der Waals surface area contributed by atoms with Crippen molar-refractivity contribution in [2.45, 2.75) is 51.7 Å². The fraction of sp³-hybridized carbons (Fsp3) is 0.692. The van der Waals surface area contributed by atoms with Gasteiger partial charge in [-0.1, -0.05) is 13.8 Å². The normalized spacial score (nSPS) is 23.9. The van der Waals surface area contributed by atoms with Crippen molar-refractivity contribution in [3.63, 3.8) is 0 Å². The zero-order chi connectivity index (χ0) is 13.1. The highest BCUT2D eigenvalue weighted by molar-refractivity contribution is 5.80. The topological polar surface area (TPSA) is 64.2 Å². The highest BCUT2D eigenvalue weighted by Crippen LogP contribution is 2.32. The molecule has 0 spiro atoms. The Hall–Kier alpha value is -1.36. The van der Waals surface area contributed by atoms with Crippen LogP contribution in [0.2, 0.25) is 0 Å². The van der Waals surface area contributed by atoms with E-state index < -0.39 is 0 Å². The van der Waals surface area contributed by atoms with E-state index in [1.807, 2.05) is 15.6 Å². The minimum Gasteiger partial charge on any atom is -0.332 e. The summed E-state index contributed by atoms with van der Waals surface area (Å²) >= 11 is 0. The molecule has 1 aliphatic rings. The Morgan fingerprint density at radius 1 is 1.39 bits per heavy atom. The molecule has 1 aromatic rings. The monoisotopic (exact) mass is 250 g/mol. The average Bonchev–Trinajstić information content (AvgIpc) is 2.86. The lowest BCUT2D eigenvalue weighted by atomic mass is 10.1. The summed E-state index contributed by atoms with van der Waals surface area (Å²) in [6.45, 7) is 5.85. The van der Waals surface area contributed by atoms with Crippen LogP contribution in [-0.2, 0) is 11.3 Å². The van der Waals surface area contributed by atoms with E-state index in [1.54, 1.807) is 6.20 Å². The van der Waals surface area contributed by atoms with E-state index in [0.29, 0.717) is 6.42 Å². The molecule has 100 valence electrons. The minimum absolute atomic E-state index is 0.00787. The first-order valence-electron chi connectivity index (χ1n) is 6.75. The zero-order valence-electron chi connectivity index (χ0n) is 11.2. The molecule has 1 aromatic heterocycles. The quantitative estimate of drug-likeness (QED) is 0.856. The van der Waals surface area contributed by atoms with Gasteiger partial charge in [0.25, 0.3) is 0 Å². The average molecular weight is 250 g/mol. The Balaban J connectivity index is 2.28. The highest BCUT2D eigenvalue weighted by atomic mass is 16.2. The van der Waals surface area contributed by atoms with E-state index in [2.05, 4.69) is 18.9 Å². The Bertz CT molecular complexity index is 415. The molecule has 5 heteroatoms. The van der Waals surface area contributed by atoms with Gasteiger partial charge in [-0.05, 0) is 18.9 Å². The molecule has 1 aliphatic heterocycles. The first kappa shape index (κ1) is 13.1. The first-order chi connectivity index (χ1) is 8.69. The molecule has 2 N–H and O–H groups in total. The van der Waals surface area contributed by atoms with Crippen molar-refractivity contribution < 1.29 is 4.79 Å². The number of hydrogen-bond acceptors (Lipinski definition) is 3. The molecule has 2 rings (SSSR count). The van der Waals surface area contributed by atoms with Crippen molar-refractivity contribution in [2.75, 3.05) is 6.54 Å². The molecule has 0 bridgehead atoms. The lowest BCUT2D eigenvalue weighted by Crippen LogP contribution is -2.35. The van der Waals surface area contributed by atoms with Crippen LogP contribution in [0.15, 0.2) is 12.3 Å². The summed E-state index contributed by atoms with van der Waals surface area (Å²) in [6, 6.07) is 1.87. The van der Waals surface area contributed by atoms with E-state index in [4.69, 9.17) is 5.73 Å². The molecule has 1 saturated heterocycles. The third-order valence-electron chi connectivity index (χ3n) is 3.42. The van der Waals surface area contributed by atoms with Gasteiger partial charge in [-0.25, -0.2) is 0 Å². The Morgan fingerprint density at radius 3 is 2.78 bits per heavy atom. The number of hydrogen-bond donors (Lipinski definition) is 1. The molecule has 5 nitrogen and oxygen atoms in total. The van der Waals surface area contributed by atoms with Crippen LogP contribution in [0.3, 0.4) is 0 Å². The minimum atomic E-state index is -0.114. The fourth-order valence-electron chi connectivity index (χ4n) is 2.69. The molecule has 0 radical (unpaired) electrons. The second-order valence-corrected chi connectivity index (χ2v) is 4.88. The van der Waals surface area contributed by atoms with Gasteiger partial charge in [0.05, 0.1) is 11.7 Å². The highest BCUT2D eigenvalue weighted by Gasteiger charge is 2.39. The van der Waals surface area contributed by atoms with Crippen LogP contribution < -0.4 is 5.73 Å². The number of amides is 1. The van der Waals surface area contributed by atoms with Crippen LogP contribution in [0.4, 0.5) is 0 Å². The van der Waals surface area contributed by atoms with Crippen LogP contribution in [0.1, 0.15) is 44.8 Å². The predicted molar refractivity (Wildman–Crippen MR) is 69.9 cm³/mol. The van der Waals surface area contributed by atoms with E-state index >= 15 is 0 Å². The van der Waals surface area contributed by atoms with E-state index in [-0.39, 0.29) is 18.0 Å². The van der Waals surface area contributed by atoms with Crippen molar-refractivity contribution in [1.29, 1.82) is 0 Å². The molecule has 0 aromatic carbocycles. The summed E-state index contributed by atoms with van der Waals surface area (Å²) in [5.74, 6) is 0.165.